The van der Waals surface area contributed by atoms with Crippen LogP contribution in [-0.2, 0) is 23.2 Å². The summed E-state index contributed by atoms with van der Waals surface area (Å²) in [7, 11) is 0. The largest absolute Gasteiger partial charge is 0.356 e. The summed E-state index contributed by atoms with van der Waals surface area (Å²) < 4.78 is 13.2. The van der Waals surface area contributed by atoms with E-state index >= 15 is 0 Å². The summed E-state index contributed by atoms with van der Waals surface area (Å²) in [6.45, 7) is 2.49. The number of rotatable bonds is 5. The summed E-state index contributed by atoms with van der Waals surface area (Å²) >= 11 is 0. The lowest BCUT2D eigenvalue weighted by Gasteiger charge is -2.35. The zero-order valence-corrected chi connectivity index (χ0v) is 20.3. The Balaban J connectivity index is 1.30. The second-order valence-corrected chi connectivity index (χ2v) is 9.57. The van der Waals surface area contributed by atoms with E-state index in [9.17, 15) is 18.8 Å². The highest BCUT2D eigenvalue weighted by Gasteiger charge is 2.59. The van der Waals surface area contributed by atoms with Gasteiger partial charge in [-0.2, -0.15) is 0 Å². The van der Waals surface area contributed by atoms with Crippen LogP contribution < -0.4 is 10.2 Å². The van der Waals surface area contributed by atoms with Crippen molar-refractivity contribution < 1.29 is 18.8 Å². The van der Waals surface area contributed by atoms with Crippen LogP contribution in [0.15, 0.2) is 72.8 Å². The summed E-state index contributed by atoms with van der Waals surface area (Å²) in [5, 5.41) is 3.91. The van der Waals surface area contributed by atoms with E-state index in [1.807, 2.05) is 24.3 Å². The van der Waals surface area contributed by atoms with E-state index in [2.05, 4.69) is 10.3 Å². The molecule has 37 heavy (non-hydrogen) atoms. The Kier molecular flexibility index (Phi) is 5.33. The van der Waals surface area contributed by atoms with E-state index in [4.69, 9.17) is 0 Å². The third-order valence-electron chi connectivity index (χ3n) is 7.47. The van der Waals surface area contributed by atoms with Crippen LogP contribution in [0.25, 0.3) is 10.9 Å². The Morgan fingerprint density at radius 3 is 2.57 bits per heavy atom. The van der Waals surface area contributed by atoms with Gasteiger partial charge >= 0.3 is 6.03 Å². The Labute approximate surface area is 212 Å². The number of halogens is 1. The number of carbonyl (C=O) groups is 3. The lowest BCUT2D eigenvalue weighted by Crippen LogP contribution is -2.49. The molecule has 1 atom stereocenters. The highest BCUT2D eigenvalue weighted by Crippen LogP contribution is 2.45. The summed E-state index contributed by atoms with van der Waals surface area (Å²) in [6, 6.07) is 20.2. The van der Waals surface area contributed by atoms with Crippen LogP contribution in [0.2, 0.25) is 0 Å². The molecule has 4 amide bonds. The minimum Gasteiger partial charge on any atom is -0.356 e. The fraction of sp³-hybridized carbons (Fsp3) is 0.207. The van der Waals surface area contributed by atoms with E-state index in [1.54, 1.807) is 48.2 Å². The van der Waals surface area contributed by atoms with Crippen LogP contribution in [0.1, 0.15) is 34.1 Å². The fourth-order valence-corrected chi connectivity index (χ4v) is 5.53. The lowest BCUT2D eigenvalue weighted by molar-refractivity contribution is -0.125. The highest BCUT2D eigenvalue weighted by atomic mass is 19.1. The molecule has 1 saturated heterocycles. The molecule has 0 bridgehead atoms. The maximum absolute atomic E-state index is 14.0. The van der Waals surface area contributed by atoms with Crippen molar-refractivity contribution in [3.8, 4) is 0 Å². The van der Waals surface area contributed by atoms with Crippen molar-refractivity contribution in [3.63, 3.8) is 0 Å². The average molecular weight is 497 g/mol. The molecule has 0 saturated carbocycles. The summed E-state index contributed by atoms with van der Waals surface area (Å²) in [5.74, 6) is -1.09. The molecule has 1 unspecified atom stereocenters. The van der Waals surface area contributed by atoms with Crippen molar-refractivity contribution in [2.75, 3.05) is 18.0 Å². The van der Waals surface area contributed by atoms with E-state index in [-0.39, 0.29) is 23.0 Å². The Morgan fingerprint density at radius 1 is 1.03 bits per heavy atom. The first kappa shape index (κ1) is 23.0. The van der Waals surface area contributed by atoms with Gasteiger partial charge in [-0.1, -0.05) is 42.5 Å². The van der Waals surface area contributed by atoms with Gasteiger partial charge in [0.05, 0.1) is 16.9 Å². The van der Waals surface area contributed by atoms with Crippen molar-refractivity contribution in [1.82, 2.24) is 15.2 Å². The van der Waals surface area contributed by atoms with Gasteiger partial charge in [-0.3, -0.25) is 9.59 Å². The number of hydrogen-bond donors (Lipinski definition) is 2. The van der Waals surface area contributed by atoms with Gasteiger partial charge in [-0.25, -0.2) is 14.1 Å². The predicted molar refractivity (Wildman–Crippen MR) is 138 cm³/mol. The normalized spacial score (nSPS) is 18.8. The number of hydrogen-bond acceptors (Lipinski definition) is 3. The smallest absolute Gasteiger partial charge is 0.332 e. The third kappa shape index (κ3) is 3.51. The molecular weight excluding hydrogens is 471 g/mol. The predicted octanol–water partition coefficient (Wildman–Crippen LogP) is 4.52. The van der Waals surface area contributed by atoms with E-state index < -0.39 is 17.5 Å². The number of imide groups is 1. The van der Waals surface area contributed by atoms with Crippen molar-refractivity contribution in [2.24, 2.45) is 0 Å². The summed E-state index contributed by atoms with van der Waals surface area (Å²) in [5.41, 5.74) is 2.88. The van der Waals surface area contributed by atoms with Crippen molar-refractivity contribution >= 4 is 34.4 Å². The number of anilines is 1. The number of H-pyrrole nitrogens is 1. The molecule has 1 fully saturated rings. The minimum absolute atomic E-state index is 0.239. The van der Waals surface area contributed by atoms with Crippen LogP contribution in [-0.4, -0.2) is 40.8 Å². The van der Waals surface area contributed by atoms with Gasteiger partial charge in [0.15, 0.2) is 5.54 Å². The average Bonchev–Trinajstić information content (AvgIpc) is 3.38. The van der Waals surface area contributed by atoms with Crippen LogP contribution in [0.3, 0.4) is 0 Å². The lowest BCUT2D eigenvalue weighted by atomic mass is 9.87. The van der Waals surface area contributed by atoms with E-state index in [1.165, 1.54) is 12.1 Å². The molecule has 1 aromatic heterocycles. The Hall–Kier alpha value is -4.46. The maximum atomic E-state index is 14.0. The van der Waals surface area contributed by atoms with Gasteiger partial charge in [-0.05, 0) is 61.2 Å². The number of benzene rings is 3. The van der Waals surface area contributed by atoms with Gasteiger partial charge in [0.2, 0.25) is 0 Å². The molecule has 7 nitrogen and oxygen atoms in total. The molecule has 6 rings (SSSR count). The third-order valence-corrected chi connectivity index (χ3v) is 7.47. The second-order valence-electron chi connectivity index (χ2n) is 9.57. The molecular formula is C29H25FN4O3. The molecule has 2 N–H and O–H groups in total. The van der Waals surface area contributed by atoms with E-state index in [0.29, 0.717) is 25.9 Å². The van der Waals surface area contributed by atoms with Crippen LogP contribution in [0.5, 0.6) is 0 Å². The monoisotopic (exact) mass is 496 g/mol. The molecule has 0 radical (unpaired) electrons. The number of nitrogens with one attached hydrogen (secondary N) is 2. The number of nitrogens with zero attached hydrogens (tertiary/aromatic N) is 2. The minimum atomic E-state index is -1.20. The van der Waals surface area contributed by atoms with Crippen LogP contribution in [0.4, 0.5) is 14.9 Å². The van der Waals surface area contributed by atoms with Crippen molar-refractivity contribution in [3.05, 3.63) is 101 Å². The summed E-state index contributed by atoms with van der Waals surface area (Å²) in [4.78, 5) is 46.9. The molecule has 8 heteroatoms. The molecule has 3 heterocycles. The van der Waals surface area contributed by atoms with Gasteiger partial charge in [-0.15, -0.1) is 0 Å². The molecule has 2 aliphatic heterocycles. The number of aromatic amines is 1. The first-order valence-electron chi connectivity index (χ1n) is 12.3. The second kappa shape index (κ2) is 8.58. The van der Waals surface area contributed by atoms with Crippen molar-refractivity contribution in [2.45, 2.75) is 25.3 Å². The first-order chi connectivity index (χ1) is 17.9. The van der Waals surface area contributed by atoms with Crippen molar-refractivity contribution in [1.29, 1.82) is 0 Å². The Bertz CT molecular complexity index is 1560. The topological polar surface area (TPSA) is 85.5 Å². The number of aromatic nitrogens is 1. The van der Waals surface area contributed by atoms with Gasteiger partial charge in [0, 0.05) is 24.0 Å². The molecule has 4 aromatic rings. The number of carbonyl (C=O) groups excluding carboxylic acids is 3. The molecule has 186 valence electrons. The molecule has 0 aliphatic carbocycles. The van der Waals surface area contributed by atoms with E-state index in [0.717, 1.165) is 32.6 Å². The summed E-state index contributed by atoms with van der Waals surface area (Å²) in [6.07, 6.45) is 1.15. The number of urea groups is 1. The van der Waals surface area contributed by atoms with Crippen LogP contribution in [0, 0.1) is 5.82 Å². The highest BCUT2D eigenvalue weighted by molar-refractivity contribution is 6.25. The molecule has 2 aliphatic rings. The van der Waals surface area contributed by atoms with Gasteiger partial charge in [0.1, 0.15) is 5.82 Å². The molecule has 0 spiro atoms. The zero-order valence-electron chi connectivity index (χ0n) is 20.3. The van der Waals surface area contributed by atoms with Crippen LogP contribution >= 0.6 is 0 Å². The zero-order chi connectivity index (χ0) is 25.7. The SMILES string of the molecule is CC12C(=O)N(c3ccccc3C(=O)NCCc3ccc(F)cc3)C(=O)N1CCc1c2[nH]c2ccccc12. The standard InChI is InChI=1S/C29H25FN4O3/c1-29-25-21(20-6-2-4-8-23(20)32-25)15-17-33(29)28(37)34(27(29)36)24-9-5-3-7-22(24)26(35)31-16-14-18-10-12-19(30)13-11-18/h2-13,32H,14-17H2,1H3,(H,31,35). The molecule has 3 aromatic carbocycles. The quantitative estimate of drug-likeness (QED) is 0.399. The number of fused-ring (bicyclic) bond motifs is 5. The Morgan fingerprint density at radius 2 is 1.76 bits per heavy atom. The number of amides is 4. The van der Waals surface area contributed by atoms with Gasteiger partial charge in [0.25, 0.3) is 11.8 Å². The number of para-hydroxylation sites is 2. The maximum Gasteiger partial charge on any atom is 0.332 e. The van der Waals surface area contributed by atoms with Gasteiger partial charge < -0.3 is 15.2 Å². The first-order valence-corrected chi connectivity index (χ1v) is 12.3. The fourth-order valence-electron chi connectivity index (χ4n) is 5.53.